The minimum absolute atomic E-state index is 0.00804. The summed E-state index contributed by atoms with van der Waals surface area (Å²) in [6, 6.07) is 3.64. The summed E-state index contributed by atoms with van der Waals surface area (Å²) < 4.78 is 39.1. The zero-order valence-corrected chi connectivity index (χ0v) is 12.9. The van der Waals surface area contributed by atoms with Crippen molar-refractivity contribution in [3.63, 3.8) is 0 Å². The van der Waals surface area contributed by atoms with Crippen molar-refractivity contribution in [1.82, 2.24) is 30.1 Å². The summed E-state index contributed by atoms with van der Waals surface area (Å²) >= 11 is 0. The van der Waals surface area contributed by atoms with Crippen LogP contribution in [0.2, 0.25) is 0 Å². The van der Waals surface area contributed by atoms with Crippen LogP contribution in [-0.4, -0.2) is 56.3 Å². The van der Waals surface area contributed by atoms with Crippen molar-refractivity contribution < 1.29 is 13.2 Å². The first-order valence-electron chi connectivity index (χ1n) is 7.58. The fourth-order valence-electron chi connectivity index (χ4n) is 2.78. The zero-order chi connectivity index (χ0) is 17.4. The van der Waals surface area contributed by atoms with Gasteiger partial charge in [0.05, 0.1) is 6.33 Å². The summed E-state index contributed by atoms with van der Waals surface area (Å²) in [5, 5.41) is 7.90. The average molecular weight is 350 g/mol. The maximum absolute atomic E-state index is 13.0. The average Bonchev–Trinajstić information content (AvgIpc) is 3.10. The Hall–Kier alpha value is -2.98. The van der Waals surface area contributed by atoms with Gasteiger partial charge < -0.3 is 14.8 Å². The van der Waals surface area contributed by atoms with Crippen LogP contribution in [0, 0.1) is 0 Å². The molecule has 1 N–H and O–H groups in total. The third-order valence-corrected chi connectivity index (χ3v) is 3.98. The summed E-state index contributed by atoms with van der Waals surface area (Å²) in [6.45, 7) is 2.19. The molecule has 0 saturated carbocycles. The maximum atomic E-state index is 13.0. The van der Waals surface area contributed by atoms with Crippen LogP contribution in [0.5, 0.6) is 0 Å². The number of H-pyrrole nitrogens is 1. The van der Waals surface area contributed by atoms with Crippen molar-refractivity contribution in [3.8, 4) is 0 Å². The molecule has 0 atom stereocenters. The Labute approximate surface area is 139 Å². The SMILES string of the molecule is FC(F)(F)c1nc(N2CCN(c3cccnn3)CC2)c2[nH]cnc2n1. The fourth-order valence-corrected chi connectivity index (χ4v) is 2.78. The van der Waals surface area contributed by atoms with E-state index in [0.29, 0.717) is 31.7 Å². The van der Waals surface area contributed by atoms with Crippen LogP contribution in [0.1, 0.15) is 5.82 Å². The van der Waals surface area contributed by atoms with Crippen LogP contribution < -0.4 is 9.80 Å². The third kappa shape index (κ3) is 2.92. The Morgan fingerprint density at radius 1 is 1.04 bits per heavy atom. The van der Waals surface area contributed by atoms with Gasteiger partial charge in [-0.1, -0.05) is 0 Å². The molecule has 0 aliphatic carbocycles. The lowest BCUT2D eigenvalue weighted by Crippen LogP contribution is -2.47. The van der Waals surface area contributed by atoms with Crippen molar-refractivity contribution in [3.05, 3.63) is 30.5 Å². The molecule has 0 unspecified atom stereocenters. The first-order valence-corrected chi connectivity index (χ1v) is 7.58. The summed E-state index contributed by atoms with van der Waals surface area (Å²) in [7, 11) is 0. The van der Waals surface area contributed by atoms with E-state index < -0.39 is 12.0 Å². The Morgan fingerprint density at radius 3 is 2.48 bits per heavy atom. The molecule has 3 aromatic heterocycles. The number of nitrogens with zero attached hydrogens (tertiary/aromatic N) is 7. The molecule has 0 radical (unpaired) electrons. The monoisotopic (exact) mass is 350 g/mol. The summed E-state index contributed by atoms with van der Waals surface area (Å²) in [5.74, 6) is -0.223. The van der Waals surface area contributed by atoms with Gasteiger partial charge in [-0.25, -0.2) is 15.0 Å². The van der Waals surface area contributed by atoms with E-state index in [1.807, 2.05) is 11.0 Å². The minimum Gasteiger partial charge on any atom is -0.352 e. The molecule has 3 aromatic rings. The van der Waals surface area contributed by atoms with Gasteiger partial charge in [0.25, 0.3) is 0 Å². The number of aromatic nitrogens is 6. The molecule has 0 amide bonds. The van der Waals surface area contributed by atoms with Crippen LogP contribution in [0.25, 0.3) is 11.2 Å². The number of halogens is 3. The molecular weight excluding hydrogens is 337 g/mol. The normalized spacial score (nSPS) is 15.8. The second kappa shape index (κ2) is 5.83. The molecule has 0 aromatic carbocycles. The molecule has 11 heteroatoms. The molecule has 0 spiro atoms. The molecule has 1 aliphatic rings. The molecule has 1 aliphatic heterocycles. The number of fused-ring (bicyclic) bond motifs is 1. The predicted octanol–water partition coefficient (Wildman–Crippen LogP) is 1.49. The van der Waals surface area contributed by atoms with Gasteiger partial charge in [0.2, 0.25) is 5.82 Å². The molecule has 1 fully saturated rings. The largest absolute Gasteiger partial charge is 0.451 e. The van der Waals surface area contributed by atoms with Crippen molar-refractivity contribution >= 4 is 22.8 Å². The van der Waals surface area contributed by atoms with Crippen molar-refractivity contribution in [2.24, 2.45) is 0 Å². The highest BCUT2D eigenvalue weighted by molar-refractivity contribution is 5.83. The van der Waals surface area contributed by atoms with E-state index in [9.17, 15) is 13.2 Å². The van der Waals surface area contributed by atoms with Gasteiger partial charge in [-0.15, -0.1) is 5.10 Å². The Bertz CT molecular complexity index is 871. The van der Waals surface area contributed by atoms with Crippen LogP contribution in [0.4, 0.5) is 24.8 Å². The van der Waals surface area contributed by atoms with E-state index in [1.165, 1.54) is 6.33 Å². The first kappa shape index (κ1) is 15.5. The molecule has 4 heterocycles. The third-order valence-electron chi connectivity index (χ3n) is 3.98. The summed E-state index contributed by atoms with van der Waals surface area (Å²) in [5.41, 5.74) is 0.412. The van der Waals surface area contributed by atoms with Gasteiger partial charge in [-0.2, -0.15) is 18.3 Å². The predicted molar refractivity (Wildman–Crippen MR) is 83.1 cm³/mol. The molecule has 4 rings (SSSR count). The van der Waals surface area contributed by atoms with E-state index in [1.54, 1.807) is 17.2 Å². The number of piperazine rings is 1. The number of hydrogen-bond acceptors (Lipinski definition) is 7. The van der Waals surface area contributed by atoms with Crippen molar-refractivity contribution in [2.75, 3.05) is 36.0 Å². The van der Waals surface area contributed by atoms with Gasteiger partial charge in [0.15, 0.2) is 17.3 Å². The van der Waals surface area contributed by atoms with Crippen LogP contribution in [0.3, 0.4) is 0 Å². The summed E-state index contributed by atoms with van der Waals surface area (Å²) in [4.78, 5) is 17.7. The first-order chi connectivity index (χ1) is 12.0. The number of rotatable bonds is 2. The lowest BCUT2D eigenvalue weighted by atomic mass is 10.3. The van der Waals surface area contributed by atoms with Gasteiger partial charge in [0, 0.05) is 32.4 Å². The number of hydrogen-bond donors (Lipinski definition) is 1. The number of anilines is 2. The number of alkyl halides is 3. The molecule has 0 bridgehead atoms. The molecule has 8 nitrogen and oxygen atoms in total. The van der Waals surface area contributed by atoms with Crippen LogP contribution >= 0.6 is 0 Å². The highest BCUT2D eigenvalue weighted by atomic mass is 19.4. The second-order valence-electron chi connectivity index (χ2n) is 5.53. The Morgan fingerprint density at radius 2 is 1.80 bits per heavy atom. The standard InChI is InChI=1S/C14H13F3N8/c15-14(16,17)13-21-11-10(18-8-19-11)12(22-13)25-6-4-24(5-7-25)9-2-1-3-20-23-9/h1-3,8H,4-7H2,(H,18,19,21,22). The number of nitrogens with one attached hydrogen (secondary N) is 1. The van der Waals surface area contributed by atoms with Crippen LogP contribution in [0.15, 0.2) is 24.7 Å². The topological polar surface area (TPSA) is 86.7 Å². The lowest BCUT2D eigenvalue weighted by Gasteiger charge is -2.35. The molecule has 130 valence electrons. The molecular formula is C14H13F3N8. The van der Waals surface area contributed by atoms with Gasteiger partial charge in [-0.05, 0) is 12.1 Å². The maximum Gasteiger partial charge on any atom is 0.451 e. The number of imidazole rings is 1. The van der Waals surface area contributed by atoms with Crippen LogP contribution in [-0.2, 0) is 6.18 Å². The smallest absolute Gasteiger partial charge is 0.352 e. The fraction of sp³-hybridized carbons (Fsp3) is 0.357. The summed E-state index contributed by atoms with van der Waals surface area (Å²) in [6.07, 6.45) is -1.71. The Balaban J connectivity index is 1.61. The van der Waals surface area contributed by atoms with Gasteiger partial charge in [-0.3, -0.25) is 0 Å². The van der Waals surface area contributed by atoms with E-state index in [2.05, 4.69) is 30.1 Å². The Kier molecular flexibility index (Phi) is 3.62. The van der Waals surface area contributed by atoms with Crippen molar-refractivity contribution in [1.29, 1.82) is 0 Å². The highest BCUT2D eigenvalue weighted by Gasteiger charge is 2.37. The number of aromatic amines is 1. The minimum atomic E-state index is -4.62. The van der Waals surface area contributed by atoms with E-state index in [-0.39, 0.29) is 11.5 Å². The zero-order valence-electron chi connectivity index (χ0n) is 12.9. The lowest BCUT2D eigenvalue weighted by molar-refractivity contribution is -0.144. The molecule has 25 heavy (non-hydrogen) atoms. The van der Waals surface area contributed by atoms with E-state index >= 15 is 0 Å². The van der Waals surface area contributed by atoms with Gasteiger partial charge in [0.1, 0.15) is 5.52 Å². The van der Waals surface area contributed by atoms with E-state index in [0.717, 1.165) is 5.82 Å². The van der Waals surface area contributed by atoms with Crippen molar-refractivity contribution in [2.45, 2.75) is 6.18 Å². The van der Waals surface area contributed by atoms with Gasteiger partial charge >= 0.3 is 6.18 Å². The van der Waals surface area contributed by atoms with E-state index in [4.69, 9.17) is 0 Å². The molecule has 1 saturated heterocycles. The second-order valence-corrected chi connectivity index (χ2v) is 5.53. The quantitative estimate of drug-likeness (QED) is 0.749. The highest BCUT2D eigenvalue weighted by Crippen LogP contribution is 2.31.